The monoisotopic (exact) mass is 390 g/mol. The summed E-state index contributed by atoms with van der Waals surface area (Å²) in [6, 6.07) is 3.19. The van der Waals surface area contributed by atoms with Gasteiger partial charge in [0.25, 0.3) is 5.56 Å². The molecule has 1 unspecified atom stereocenters. The highest BCUT2D eigenvalue weighted by molar-refractivity contribution is 6.01. The topological polar surface area (TPSA) is 101 Å². The zero-order valence-corrected chi connectivity index (χ0v) is 16.2. The lowest BCUT2D eigenvalue weighted by Crippen LogP contribution is -2.34. The molecule has 1 atom stereocenters. The second-order valence-electron chi connectivity index (χ2n) is 6.38. The van der Waals surface area contributed by atoms with E-state index >= 15 is 0 Å². The molecule has 2 aromatic rings. The highest BCUT2D eigenvalue weighted by Gasteiger charge is 2.24. The van der Waals surface area contributed by atoms with E-state index in [1.807, 2.05) is 0 Å². The van der Waals surface area contributed by atoms with Crippen LogP contribution in [-0.2, 0) is 9.53 Å². The van der Waals surface area contributed by atoms with E-state index in [0.29, 0.717) is 5.56 Å². The molecule has 7 nitrogen and oxygen atoms in total. The smallest absolute Gasteiger partial charge is 0.252 e. The summed E-state index contributed by atoms with van der Waals surface area (Å²) >= 11 is 0. The van der Waals surface area contributed by atoms with Crippen LogP contribution in [0.5, 0.6) is 5.75 Å². The minimum atomic E-state index is -0.954. The number of rotatable bonds is 8. The summed E-state index contributed by atoms with van der Waals surface area (Å²) in [5.74, 6) is -1.54. The molecule has 1 aromatic heterocycles. The number of carbonyl (C=O) groups excluding carboxylic acids is 2. The van der Waals surface area contributed by atoms with Gasteiger partial charge in [-0.25, -0.2) is 4.39 Å². The average Bonchev–Trinajstić information content (AvgIpc) is 2.64. The first-order chi connectivity index (χ1) is 13.2. The fourth-order valence-electron chi connectivity index (χ4n) is 3.02. The van der Waals surface area contributed by atoms with Gasteiger partial charge in [-0.1, -0.05) is 12.1 Å². The van der Waals surface area contributed by atoms with Gasteiger partial charge < -0.3 is 15.2 Å². The number of Topliss-reactive ketones (excluding diaryl/α,β-unsaturated/α-hetero) is 1. The fraction of sp³-hybridized carbons (Fsp3) is 0.350. The standard InChI is InChI=1S/C20H23FN2O5/c1-11-5-6-13(12(2)24)18(19(11)21)14-9-17(25)23(10-16(14)28-4)15(20(22)26)7-8-27-3/h5-6,9-10,15H,7-8H2,1-4H3,(H2,22,26). The van der Waals surface area contributed by atoms with E-state index in [9.17, 15) is 18.8 Å². The Bertz CT molecular complexity index is 968. The van der Waals surface area contributed by atoms with Crippen LogP contribution in [0.25, 0.3) is 11.1 Å². The van der Waals surface area contributed by atoms with Crippen molar-refractivity contribution < 1.29 is 23.5 Å². The number of amides is 1. The zero-order valence-electron chi connectivity index (χ0n) is 16.2. The number of ketones is 1. The minimum Gasteiger partial charge on any atom is -0.495 e. The van der Waals surface area contributed by atoms with E-state index in [1.54, 1.807) is 6.92 Å². The Labute approximate surface area is 161 Å². The van der Waals surface area contributed by atoms with Gasteiger partial charge in [0, 0.05) is 42.9 Å². The van der Waals surface area contributed by atoms with Gasteiger partial charge in [-0.15, -0.1) is 0 Å². The summed E-state index contributed by atoms with van der Waals surface area (Å²) < 4.78 is 26.3. The molecule has 0 aliphatic heterocycles. The second-order valence-corrected chi connectivity index (χ2v) is 6.38. The van der Waals surface area contributed by atoms with Crippen LogP contribution < -0.4 is 16.0 Å². The van der Waals surface area contributed by atoms with Crippen molar-refractivity contribution in [1.82, 2.24) is 4.57 Å². The highest BCUT2D eigenvalue weighted by Crippen LogP contribution is 2.35. The first-order valence-corrected chi connectivity index (χ1v) is 8.61. The first-order valence-electron chi connectivity index (χ1n) is 8.61. The Morgan fingerprint density at radius 3 is 2.50 bits per heavy atom. The number of benzene rings is 1. The molecular formula is C20H23FN2O5. The van der Waals surface area contributed by atoms with Crippen molar-refractivity contribution in [2.24, 2.45) is 5.73 Å². The Hall–Kier alpha value is -3.00. The Morgan fingerprint density at radius 1 is 1.29 bits per heavy atom. The molecule has 2 N–H and O–H groups in total. The number of nitrogens with zero attached hydrogens (tertiary/aromatic N) is 1. The van der Waals surface area contributed by atoms with Gasteiger partial charge >= 0.3 is 0 Å². The molecule has 2 rings (SSSR count). The van der Waals surface area contributed by atoms with Crippen molar-refractivity contribution in [3.63, 3.8) is 0 Å². The number of halogens is 1. The Balaban J connectivity index is 2.75. The third kappa shape index (κ3) is 4.12. The number of pyridine rings is 1. The summed E-state index contributed by atoms with van der Waals surface area (Å²) in [5.41, 5.74) is 5.42. The van der Waals surface area contributed by atoms with Crippen molar-refractivity contribution >= 4 is 11.7 Å². The van der Waals surface area contributed by atoms with E-state index in [0.717, 1.165) is 10.6 Å². The molecule has 8 heteroatoms. The van der Waals surface area contributed by atoms with Crippen LogP contribution in [0, 0.1) is 12.7 Å². The number of hydrogen-bond donors (Lipinski definition) is 1. The van der Waals surface area contributed by atoms with Crippen molar-refractivity contribution in [3.05, 3.63) is 51.7 Å². The van der Waals surface area contributed by atoms with Gasteiger partial charge in [0.1, 0.15) is 17.6 Å². The maximum atomic E-state index is 14.9. The second kappa shape index (κ2) is 8.79. The third-order valence-corrected chi connectivity index (χ3v) is 4.51. The van der Waals surface area contributed by atoms with Crippen molar-refractivity contribution in [2.45, 2.75) is 26.3 Å². The lowest BCUT2D eigenvalue weighted by Gasteiger charge is -2.20. The van der Waals surface area contributed by atoms with Crippen LogP contribution in [0.2, 0.25) is 0 Å². The number of methoxy groups -OCH3 is 2. The van der Waals surface area contributed by atoms with Crippen LogP contribution in [0.1, 0.15) is 35.3 Å². The largest absolute Gasteiger partial charge is 0.495 e. The van der Waals surface area contributed by atoms with Crippen LogP contribution in [-0.4, -0.2) is 37.1 Å². The maximum absolute atomic E-state index is 14.9. The number of primary amides is 1. The molecule has 0 saturated carbocycles. The summed E-state index contributed by atoms with van der Waals surface area (Å²) in [5, 5.41) is 0. The number of carbonyl (C=O) groups is 2. The maximum Gasteiger partial charge on any atom is 0.252 e. The van der Waals surface area contributed by atoms with Gasteiger partial charge in [0.2, 0.25) is 5.91 Å². The van der Waals surface area contributed by atoms with Crippen LogP contribution in [0.15, 0.2) is 29.2 Å². The van der Waals surface area contributed by atoms with E-state index in [-0.39, 0.29) is 41.3 Å². The summed E-state index contributed by atoms with van der Waals surface area (Å²) in [4.78, 5) is 36.5. The fourth-order valence-corrected chi connectivity index (χ4v) is 3.02. The van der Waals surface area contributed by atoms with Crippen LogP contribution >= 0.6 is 0 Å². The van der Waals surface area contributed by atoms with Gasteiger partial charge in [0.05, 0.1) is 13.3 Å². The van der Waals surface area contributed by atoms with Crippen molar-refractivity contribution in [1.29, 1.82) is 0 Å². The normalized spacial score (nSPS) is 11.9. The van der Waals surface area contributed by atoms with Gasteiger partial charge in [-0.3, -0.25) is 19.0 Å². The molecule has 1 aromatic carbocycles. The molecule has 0 radical (unpaired) electrons. The van der Waals surface area contributed by atoms with Crippen LogP contribution in [0.3, 0.4) is 0 Å². The SMILES string of the molecule is COCCC(C(N)=O)n1cc(OC)c(-c2c(C(C)=O)ccc(C)c2F)cc1=O. The molecule has 0 aliphatic carbocycles. The number of ether oxygens (including phenoxy) is 2. The first kappa shape index (κ1) is 21.3. The van der Waals surface area contributed by atoms with E-state index in [4.69, 9.17) is 15.2 Å². The van der Waals surface area contributed by atoms with Crippen molar-refractivity contribution in [3.8, 4) is 16.9 Å². The number of nitrogens with two attached hydrogens (primary N) is 1. The lowest BCUT2D eigenvalue weighted by molar-refractivity contribution is -0.121. The Morgan fingerprint density at radius 2 is 1.96 bits per heavy atom. The zero-order chi connectivity index (χ0) is 21.0. The summed E-state index contributed by atoms with van der Waals surface area (Å²) in [7, 11) is 2.82. The van der Waals surface area contributed by atoms with E-state index in [2.05, 4.69) is 0 Å². The molecular weight excluding hydrogens is 367 g/mol. The highest BCUT2D eigenvalue weighted by atomic mass is 19.1. The molecule has 1 amide bonds. The van der Waals surface area contributed by atoms with E-state index < -0.39 is 23.3 Å². The molecule has 150 valence electrons. The molecule has 28 heavy (non-hydrogen) atoms. The lowest BCUT2D eigenvalue weighted by atomic mass is 9.94. The molecule has 1 heterocycles. The summed E-state index contributed by atoms with van der Waals surface area (Å²) in [6.45, 7) is 3.09. The molecule has 0 bridgehead atoms. The predicted molar refractivity (Wildman–Crippen MR) is 102 cm³/mol. The quantitative estimate of drug-likeness (QED) is 0.697. The number of hydrogen-bond acceptors (Lipinski definition) is 5. The van der Waals surface area contributed by atoms with Gasteiger partial charge in [0.15, 0.2) is 5.78 Å². The third-order valence-electron chi connectivity index (χ3n) is 4.51. The van der Waals surface area contributed by atoms with Gasteiger partial charge in [-0.2, -0.15) is 0 Å². The van der Waals surface area contributed by atoms with Crippen molar-refractivity contribution in [2.75, 3.05) is 20.8 Å². The predicted octanol–water partition coefficient (Wildman–Crippen LogP) is 2.24. The molecule has 0 aliphatic rings. The Kier molecular flexibility index (Phi) is 6.69. The summed E-state index contributed by atoms with van der Waals surface area (Å²) in [6.07, 6.45) is 1.49. The molecule has 0 spiro atoms. The molecule has 0 fully saturated rings. The minimum absolute atomic E-state index is 0.0129. The number of aromatic nitrogens is 1. The number of aryl methyl sites for hydroxylation is 1. The average molecular weight is 390 g/mol. The van der Waals surface area contributed by atoms with Crippen LogP contribution in [0.4, 0.5) is 4.39 Å². The van der Waals surface area contributed by atoms with Gasteiger partial charge in [-0.05, 0) is 19.4 Å². The molecule has 0 saturated heterocycles. The van der Waals surface area contributed by atoms with E-state index in [1.165, 1.54) is 39.5 Å².